The van der Waals surface area contributed by atoms with Gasteiger partial charge in [-0.3, -0.25) is 9.59 Å². The van der Waals surface area contributed by atoms with Gasteiger partial charge in [0.2, 0.25) is 11.8 Å². The Morgan fingerprint density at radius 2 is 2.00 bits per heavy atom. The van der Waals surface area contributed by atoms with Gasteiger partial charge in [-0.25, -0.2) is 0 Å². The number of amides is 2. The van der Waals surface area contributed by atoms with E-state index in [9.17, 15) is 14.9 Å². The number of nitrogens with zero attached hydrogens (tertiary/aromatic N) is 2. The highest BCUT2D eigenvalue weighted by molar-refractivity contribution is 5.77. The minimum atomic E-state index is -0.0740. The number of ether oxygens (including phenoxy) is 2. The first-order chi connectivity index (χ1) is 15.9. The molecule has 33 heavy (non-hydrogen) atoms. The van der Waals surface area contributed by atoms with Gasteiger partial charge in [0.05, 0.1) is 11.7 Å². The number of carbonyl (C=O) groups is 2. The van der Waals surface area contributed by atoms with Crippen molar-refractivity contribution in [1.29, 1.82) is 5.26 Å². The molecule has 1 heterocycles. The van der Waals surface area contributed by atoms with Crippen LogP contribution in [0.1, 0.15) is 55.9 Å². The second kappa shape index (κ2) is 11.4. The third-order valence-corrected chi connectivity index (χ3v) is 5.42. The summed E-state index contributed by atoms with van der Waals surface area (Å²) in [5, 5.41) is 12.1. The van der Waals surface area contributed by atoms with E-state index >= 15 is 0 Å². The van der Waals surface area contributed by atoms with E-state index in [0.717, 1.165) is 23.3 Å². The van der Waals surface area contributed by atoms with E-state index in [1.54, 1.807) is 6.07 Å². The van der Waals surface area contributed by atoms with E-state index in [0.29, 0.717) is 50.4 Å². The van der Waals surface area contributed by atoms with Crippen LogP contribution in [0.15, 0.2) is 36.4 Å². The number of nitriles is 1. The molecule has 0 saturated heterocycles. The molecule has 3 rings (SSSR count). The predicted molar refractivity (Wildman–Crippen MR) is 125 cm³/mol. The molecule has 0 saturated carbocycles. The number of rotatable bonds is 9. The summed E-state index contributed by atoms with van der Waals surface area (Å²) in [7, 11) is 0. The van der Waals surface area contributed by atoms with Crippen LogP contribution in [-0.2, 0) is 29.2 Å². The number of fused-ring (bicyclic) bond motifs is 1. The second-order valence-corrected chi connectivity index (χ2v) is 8.48. The van der Waals surface area contributed by atoms with Gasteiger partial charge in [0, 0.05) is 33.0 Å². The largest absolute Gasteiger partial charge is 0.490 e. The van der Waals surface area contributed by atoms with Gasteiger partial charge in [0.15, 0.2) is 0 Å². The van der Waals surface area contributed by atoms with Gasteiger partial charge in [-0.15, -0.1) is 0 Å². The molecule has 7 nitrogen and oxygen atoms in total. The summed E-state index contributed by atoms with van der Waals surface area (Å²) >= 11 is 0. The SMILES string of the molecule is CC(=O)NCCCC(=O)N1CCc2cc(OCc3ccc(OC(C)C)c(C#N)c3)ccc2C1. The van der Waals surface area contributed by atoms with Crippen LogP contribution in [0, 0.1) is 11.3 Å². The van der Waals surface area contributed by atoms with Crippen molar-refractivity contribution in [3.05, 3.63) is 58.7 Å². The quantitative estimate of drug-likeness (QED) is 0.589. The van der Waals surface area contributed by atoms with E-state index in [4.69, 9.17) is 9.47 Å². The van der Waals surface area contributed by atoms with E-state index in [1.165, 1.54) is 12.5 Å². The van der Waals surface area contributed by atoms with Crippen molar-refractivity contribution in [2.45, 2.75) is 59.3 Å². The van der Waals surface area contributed by atoms with Gasteiger partial charge in [-0.1, -0.05) is 12.1 Å². The Morgan fingerprint density at radius 3 is 2.73 bits per heavy atom. The number of nitrogens with one attached hydrogen (secondary N) is 1. The summed E-state index contributed by atoms with van der Waals surface area (Å²) in [6.07, 6.45) is 1.86. The normalized spacial score (nSPS) is 12.6. The summed E-state index contributed by atoms with van der Waals surface area (Å²) in [4.78, 5) is 25.3. The van der Waals surface area contributed by atoms with Gasteiger partial charge >= 0.3 is 0 Å². The lowest BCUT2D eigenvalue weighted by atomic mass is 9.99. The fraction of sp³-hybridized carbons (Fsp3) is 0.423. The third kappa shape index (κ3) is 6.98. The van der Waals surface area contributed by atoms with Gasteiger partial charge in [0.25, 0.3) is 0 Å². The third-order valence-electron chi connectivity index (χ3n) is 5.42. The minimum absolute atomic E-state index is 0.00431. The van der Waals surface area contributed by atoms with E-state index in [1.807, 2.05) is 49.1 Å². The molecule has 0 atom stereocenters. The molecular formula is C26H31N3O4. The molecule has 7 heteroatoms. The Bertz CT molecular complexity index is 1040. The smallest absolute Gasteiger partial charge is 0.222 e. The first-order valence-corrected chi connectivity index (χ1v) is 11.3. The number of hydrogen-bond acceptors (Lipinski definition) is 5. The monoisotopic (exact) mass is 449 g/mol. The summed E-state index contributed by atoms with van der Waals surface area (Å²) in [5.41, 5.74) is 3.72. The van der Waals surface area contributed by atoms with Crippen LogP contribution in [0.3, 0.4) is 0 Å². The van der Waals surface area contributed by atoms with Gasteiger partial charge in [0.1, 0.15) is 24.2 Å². The Morgan fingerprint density at radius 1 is 1.18 bits per heavy atom. The van der Waals surface area contributed by atoms with Crippen molar-refractivity contribution in [2.24, 2.45) is 0 Å². The van der Waals surface area contributed by atoms with Crippen LogP contribution in [0.5, 0.6) is 11.5 Å². The molecule has 0 unspecified atom stereocenters. The minimum Gasteiger partial charge on any atom is -0.490 e. The maximum Gasteiger partial charge on any atom is 0.222 e. The zero-order valence-corrected chi connectivity index (χ0v) is 19.5. The molecule has 0 fully saturated rings. The topological polar surface area (TPSA) is 91.7 Å². The molecule has 1 N–H and O–H groups in total. The first kappa shape index (κ1) is 24.1. The van der Waals surface area contributed by atoms with E-state index < -0.39 is 0 Å². The van der Waals surface area contributed by atoms with Crippen molar-refractivity contribution in [1.82, 2.24) is 10.2 Å². The van der Waals surface area contributed by atoms with Crippen molar-refractivity contribution in [3.8, 4) is 17.6 Å². The standard InChI is InChI=1S/C26H31N3O4/c1-18(2)33-25-9-6-20(13-23(25)15-27)17-32-24-8-7-22-16-29(12-10-21(22)14-24)26(31)5-4-11-28-19(3)30/h6-9,13-14,18H,4-5,10-12,16-17H2,1-3H3,(H,28,30). The average Bonchev–Trinajstić information content (AvgIpc) is 2.80. The fourth-order valence-corrected chi connectivity index (χ4v) is 3.77. The Balaban J connectivity index is 1.55. The number of hydrogen-bond donors (Lipinski definition) is 1. The molecule has 0 spiro atoms. The highest BCUT2D eigenvalue weighted by atomic mass is 16.5. The molecule has 2 aromatic rings. The summed E-state index contributed by atoms with van der Waals surface area (Å²) in [6.45, 7) is 7.48. The molecule has 1 aliphatic rings. The number of benzene rings is 2. The summed E-state index contributed by atoms with van der Waals surface area (Å²) in [5.74, 6) is 1.39. The van der Waals surface area contributed by atoms with Crippen LogP contribution in [0.4, 0.5) is 0 Å². The lowest BCUT2D eigenvalue weighted by Gasteiger charge is -2.29. The Hall–Kier alpha value is -3.53. The molecule has 2 aromatic carbocycles. The summed E-state index contributed by atoms with van der Waals surface area (Å²) in [6, 6.07) is 13.7. The van der Waals surface area contributed by atoms with Crippen molar-refractivity contribution in [2.75, 3.05) is 13.1 Å². The van der Waals surface area contributed by atoms with Crippen LogP contribution < -0.4 is 14.8 Å². The highest BCUT2D eigenvalue weighted by Crippen LogP contribution is 2.26. The molecule has 0 bridgehead atoms. The zero-order chi connectivity index (χ0) is 23.8. The van der Waals surface area contributed by atoms with E-state index in [2.05, 4.69) is 11.4 Å². The lowest BCUT2D eigenvalue weighted by Crippen LogP contribution is -2.36. The van der Waals surface area contributed by atoms with Crippen LogP contribution in [-0.4, -0.2) is 35.9 Å². The van der Waals surface area contributed by atoms with Crippen LogP contribution >= 0.6 is 0 Å². The number of carbonyl (C=O) groups excluding carboxylic acids is 2. The molecule has 0 aromatic heterocycles. The average molecular weight is 450 g/mol. The van der Waals surface area contributed by atoms with Crippen molar-refractivity contribution < 1.29 is 19.1 Å². The lowest BCUT2D eigenvalue weighted by molar-refractivity contribution is -0.132. The van der Waals surface area contributed by atoms with Crippen LogP contribution in [0.2, 0.25) is 0 Å². The van der Waals surface area contributed by atoms with Gasteiger partial charge in [-0.2, -0.15) is 5.26 Å². The molecule has 174 valence electrons. The van der Waals surface area contributed by atoms with Crippen LogP contribution in [0.25, 0.3) is 0 Å². The molecule has 0 radical (unpaired) electrons. The van der Waals surface area contributed by atoms with Gasteiger partial charge in [-0.05, 0) is 67.6 Å². The van der Waals surface area contributed by atoms with Crippen molar-refractivity contribution >= 4 is 11.8 Å². The highest BCUT2D eigenvalue weighted by Gasteiger charge is 2.20. The second-order valence-electron chi connectivity index (χ2n) is 8.48. The zero-order valence-electron chi connectivity index (χ0n) is 19.5. The van der Waals surface area contributed by atoms with Crippen molar-refractivity contribution in [3.63, 3.8) is 0 Å². The van der Waals surface area contributed by atoms with Gasteiger partial charge < -0.3 is 19.7 Å². The molecule has 0 aliphatic carbocycles. The Kier molecular flexibility index (Phi) is 8.31. The maximum absolute atomic E-state index is 12.5. The molecule has 2 amide bonds. The van der Waals surface area contributed by atoms with E-state index in [-0.39, 0.29) is 17.9 Å². The summed E-state index contributed by atoms with van der Waals surface area (Å²) < 4.78 is 11.6. The molecular weight excluding hydrogens is 418 g/mol. The maximum atomic E-state index is 12.5. The fourth-order valence-electron chi connectivity index (χ4n) is 3.77. The molecule has 1 aliphatic heterocycles. The predicted octanol–water partition coefficient (Wildman–Crippen LogP) is 3.73. The first-order valence-electron chi connectivity index (χ1n) is 11.3. The Labute approximate surface area is 195 Å².